The Morgan fingerprint density at radius 3 is 2.62 bits per heavy atom. The fourth-order valence-corrected chi connectivity index (χ4v) is 4.35. The molecule has 1 aromatic carbocycles. The standard InChI is InChI=1S/C22H24N6O3S/c1-31-18-7-5-17(6-8-18)28-15-24-26-22(28)32-14-20(29)27-12-9-16(10-13-27)21(30)25-19-4-2-3-11-23-19/h2-8,11,15-16H,9-10,12-14H2,1H3,(H,23,25,30). The van der Waals surface area contributed by atoms with Crippen LogP contribution in [0.2, 0.25) is 0 Å². The highest BCUT2D eigenvalue weighted by Crippen LogP contribution is 2.24. The lowest BCUT2D eigenvalue weighted by atomic mass is 9.96. The van der Waals surface area contributed by atoms with E-state index in [1.165, 1.54) is 11.8 Å². The molecule has 0 saturated carbocycles. The van der Waals surface area contributed by atoms with Crippen LogP contribution in [0.5, 0.6) is 5.75 Å². The van der Waals surface area contributed by atoms with Gasteiger partial charge in [-0.3, -0.25) is 14.2 Å². The highest BCUT2D eigenvalue weighted by molar-refractivity contribution is 7.99. The second kappa shape index (κ2) is 10.3. The number of amides is 2. The van der Waals surface area contributed by atoms with Crippen molar-refractivity contribution >= 4 is 29.4 Å². The SMILES string of the molecule is COc1ccc(-n2cnnc2SCC(=O)N2CCC(C(=O)Nc3ccccn3)CC2)cc1. The van der Waals surface area contributed by atoms with E-state index in [9.17, 15) is 9.59 Å². The zero-order chi connectivity index (χ0) is 22.3. The van der Waals surface area contributed by atoms with E-state index in [0.29, 0.717) is 36.9 Å². The number of ether oxygens (including phenoxy) is 1. The molecule has 1 aliphatic rings. The molecule has 1 N–H and O–H groups in total. The molecule has 0 radical (unpaired) electrons. The first-order valence-electron chi connectivity index (χ1n) is 10.3. The summed E-state index contributed by atoms with van der Waals surface area (Å²) < 4.78 is 7.03. The molecule has 1 aliphatic heterocycles. The van der Waals surface area contributed by atoms with E-state index in [4.69, 9.17) is 4.74 Å². The minimum absolute atomic E-state index is 0.0304. The number of likely N-dealkylation sites (tertiary alicyclic amines) is 1. The van der Waals surface area contributed by atoms with Gasteiger partial charge in [0.05, 0.1) is 12.9 Å². The van der Waals surface area contributed by atoms with Crippen LogP contribution in [0.3, 0.4) is 0 Å². The molecular weight excluding hydrogens is 428 g/mol. The van der Waals surface area contributed by atoms with Crippen LogP contribution >= 0.6 is 11.8 Å². The minimum Gasteiger partial charge on any atom is -0.497 e. The van der Waals surface area contributed by atoms with Crippen molar-refractivity contribution in [2.45, 2.75) is 18.0 Å². The van der Waals surface area contributed by atoms with E-state index in [1.807, 2.05) is 39.8 Å². The summed E-state index contributed by atoms with van der Waals surface area (Å²) in [6, 6.07) is 12.9. The number of pyridine rings is 1. The van der Waals surface area contributed by atoms with Crippen LogP contribution in [-0.4, -0.2) is 62.4 Å². The Hall–Kier alpha value is -3.40. The molecule has 3 aromatic rings. The number of thioether (sulfide) groups is 1. The maximum atomic E-state index is 12.7. The Balaban J connectivity index is 1.27. The molecule has 2 amide bonds. The maximum Gasteiger partial charge on any atom is 0.233 e. The van der Waals surface area contributed by atoms with Gasteiger partial charge in [0.25, 0.3) is 0 Å². The van der Waals surface area contributed by atoms with Crippen LogP contribution < -0.4 is 10.1 Å². The zero-order valence-electron chi connectivity index (χ0n) is 17.7. The molecule has 166 valence electrons. The molecular formula is C22H24N6O3S. The molecule has 0 bridgehead atoms. The second-order valence-corrected chi connectivity index (χ2v) is 8.27. The predicted molar refractivity (Wildman–Crippen MR) is 121 cm³/mol. The summed E-state index contributed by atoms with van der Waals surface area (Å²) in [5.74, 6) is 1.45. The van der Waals surface area contributed by atoms with Gasteiger partial charge in [-0.1, -0.05) is 17.8 Å². The van der Waals surface area contributed by atoms with Gasteiger partial charge in [0.2, 0.25) is 11.8 Å². The number of hydrogen-bond acceptors (Lipinski definition) is 7. The van der Waals surface area contributed by atoms with Crippen molar-refractivity contribution in [3.8, 4) is 11.4 Å². The molecule has 9 nitrogen and oxygen atoms in total. The Labute approximate surface area is 190 Å². The first-order chi connectivity index (χ1) is 15.6. The van der Waals surface area contributed by atoms with Crippen LogP contribution in [0.15, 0.2) is 60.1 Å². The smallest absolute Gasteiger partial charge is 0.233 e. The van der Waals surface area contributed by atoms with Gasteiger partial charge in [-0.15, -0.1) is 10.2 Å². The van der Waals surface area contributed by atoms with Crippen molar-refractivity contribution in [1.29, 1.82) is 0 Å². The van der Waals surface area contributed by atoms with Crippen LogP contribution in [-0.2, 0) is 9.59 Å². The van der Waals surface area contributed by atoms with E-state index in [-0.39, 0.29) is 23.5 Å². The van der Waals surface area contributed by atoms with Crippen molar-refractivity contribution in [3.05, 3.63) is 55.0 Å². The lowest BCUT2D eigenvalue weighted by Crippen LogP contribution is -2.42. The summed E-state index contributed by atoms with van der Waals surface area (Å²) in [6.07, 6.45) is 4.54. The summed E-state index contributed by atoms with van der Waals surface area (Å²) in [7, 11) is 1.62. The van der Waals surface area contributed by atoms with Crippen LogP contribution in [0, 0.1) is 5.92 Å². The molecule has 2 aromatic heterocycles. The Morgan fingerprint density at radius 2 is 1.94 bits per heavy atom. The number of carbonyl (C=O) groups is 2. The van der Waals surface area contributed by atoms with Crippen LogP contribution in [0.4, 0.5) is 5.82 Å². The highest BCUT2D eigenvalue weighted by atomic mass is 32.2. The number of carbonyl (C=O) groups excluding carboxylic acids is 2. The van der Waals surface area contributed by atoms with Crippen LogP contribution in [0.1, 0.15) is 12.8 Å². The average molecular weight is 453 g/mol. The Morgan fingerprint density at radius 1 is 1.16 bits per heavy atom. The Kier molecular flexibility index (Phi) is 7.00. The van der Waals surface area contributed by atoms with E-state index in [1.54, 1.807) is 31.8 Å². The summed E-state index contributed by atoms with van der Waals surface area (Å²) in [5, 5.41) is 11.6. The predicted octanol–water partition coefficient (Wildman–Crippen LogP) is 2.64. The van der Waals surface area contributed by atoms with Gasteiger partial charge in [-0.2, -0.15) is 0 Å². The lowest BCUT2D eigenvalue weighted by molar-refractivity contribution is -0.132. The first kappa shape index (κ1) is 21.8. The third-order valence-electron chi connectivity index (χ3n) is 5.33. The Bertz CT molecular complexity index is 1050. The number of anilines is 1. The molecule has 1 saturated heterocycles. The number of hydrogen-bond donors (Lipinski definition) is 1. The third kappa shape index (κ3) is 5.25. The molecule has 0 aliphatic carbocycles. The van der Waals surface area contributed by atoms with Gasteiger partial charge >= 0.3 is 0 Å². The van der Waals surface area contributed by atoms with E-state index >= 15 is 0 Å². The monoisotopic (exact) mass is 452 g/mol. The van der Waals surface area contributed by atoms with Crippen molar-refractivity contribution in [1.82, 2.24) is 24.6 Å². The number of methoxy groups -OCH3 is 1. The van der Waals surface area contributed by atoms with Crippen molar-refractivity contribution in [3.63, 3.8) is 0 Å². The van der Waals surface area contributed by atoms with Gasteiger partial charge in [-0.05, 0) is 49.2 Å². The molecule has 10 heteroatoms. The maximum absolute atomic E-state index is 12.7. The fraction of sp³-hybridized carbons (Fsp3) is 0.318. The van der Waals surface area contributed by atoms with Crippen molar-refractivity contribution in [2.75, 3.05) is 31.3 Å². The zero-order valence-corrected chi connectivity index (χ0v) is 18.5. The van der Waals surface area contributed by atoms with Crippen molar-refractivity contribution in [2.24, 2.45) is 5.92 Å². The van der Waals surface area contributed by atoms with Gasteiger partial charge in [-0.25, -0.2) is 4.98 Å². The number of aromatic nitrogens is 4. The van der Waals surface area contributed by atoms with E-state index in [0.717, 1.165) is 11.4 Å². The van der Waals surface area contributed by atoms with E-state index < -0.39 is 0 Å². The summed E-state index contributed by atoms with van der Waals surface area (Å²) >= 11 is 1.35. The van der Waals surface area contributed by atoms with Gasteiger partial charge in [0.15, 0.2) is 5.16 Å². The van der Waals surface area contributed by atoms with Gasteiger partial charge in [0.1, 0.15) is 17.9 Å². The minimum atomic E-state index is -0.119. The number of benzene rings is 1. The second-order valence-electron chi connectivity index (χ2n) is 7.33. The molecule has 0 spiro atoms. The molecule has 1 fully saturated rings. The van der Waals surface area contributed by atoms with Gasteiger partial charge in [0, 0.05) is 30.9 Å². The molecule has 4 rings (SSSR count). The normalized spacial score (nSPS) is 14.2. The molecule has 3 heterocycles. The third-order valence-corrected chi connectivity index (χ3v) is 6.25. The summed E-state index contributed by atoms with van der Waals surface area (Å²) in [6.45, 7) is 1.12. The van der Waals surface area contributed by atoms with E-state index in [2.05, 4.69) is 20.5 Å². The lowest BCUT2D eigenvalue weighted by Gasteiger charge is -2.31. The van der Waals surface area contributed by atoms with Gasteiger partial charge < -0.3 is 15.0 Å². The topological polar surface area (TPSA) is 102 Å². The fourth-order valence-electron chi connectivity index (χ4n) is 3.52. The number of nitrogens with zero attached hydrogens (tertiary/aromatic N) is 5. The highest BCUT2D eigenvalue weighted by Gasteiger charge is 2.27. The largest absolute Gasteiger partial charge is 0.497 e. The first-order valence-corrected chi connectivity index (χ1v) is 11.3. The molecule has 0 atom stereocenters. The summed E-state index contributed by atoms with van der Waals surface area (Å²) in [4.78, 5) is 31.1. The van der Waals surface area contributed by atoms with Crippen molar-refractivity contribution < 1.29 is 14.3 Å². The average Bonchev–Trinajstić information content (AvgIpc) is 3.32. The molecule has 32 heavy (non-hydrogen) atoms. The number of nitrogens with one attached hydrogen (secondary N) is 1. The number of piperidine rings is 1. The summed E-state index contributed by atoms with van der Waals surface area (Å²) in [5.41, 5.74) is 0.894. The van der Waals surface area contributed by atoms with Crippen LogP contribution in [0.25, 0.3) is 5.69 Å². The number of rotatable bonds is 7. The molecule has 0 unspecified atom stereocenters. The quantitative estimate of drug-likeness (QED) is 0.550.